The summed E-state index contributed by atoms with van der Waals surface area (Å²) >= 11 is 0. The Morgan fingerprint density at radius 2 is 1.04 bits per heavy atom. The van der Waals surface area contributed by atoms with Crippen molar-refractivity contribution in [3.63, 3.8) is 0 Å². The topological polar surface area (TPSA) is 143 Å². The fourth-order valence-corrected chi connectivity index (χ4v) is 10.3. The summed E-state index contributed by atoms with van der Waals surface area (Å²) in [6.45, 7) is 25.9. The summed E-state index contributed by atoms with van der Waals surface area (Å²) in [6, 6.07) is 26.2. The molecule has 73 heavy (non-hydrogen) atoms. The highest BCUT2D eigenvalue weighted by atomic mass is 16.6. The molecule has 4 aromatic carbocycles. The van der Waals surface area contributed by atoms with E-state index in [1.807, 2.05) is 58.9 Å². The molecule has 0 aromatic heterocycles. The van der Waals surface area contributed by atoms with Crippen molar-refractivity contribution in [3.8, 4) is 11.5 Å². The number of esters is 1. The number of aliphatic hydroxyl groups is 3. The number of hydrogen-bond donors (Lipinski definition) is 4. The number of ether oxygens (including phenoxy) is 3. The van der Waals surface area contributed by atoms with E-state index >= 15 is 0 Å². The molecule has 1 heterocycles. The van der Waals surface area contributed by atoms with Gasteiger partial charge in [0.1, 0.15) is 30.8 Å². The van der Waals surface area contributed by atoms with Crippen LogP contribution in [0.2, 0.25) is 0 Å². The van der Waals surface area contributed by atoms with Crippen LogP contribution in [0.4, 0.5) is 0 Å². The molecule has 0 saturated carbocycles. The third-order valence-corrected chi connectivity index (χ3v) is 16.1. The number of carbonyl (C=O) groups excluding carboxylic acids is 1. The van der Waals surface area contributed by atoms with Gasteiger partial charge in [-0.3, -0.25) is 9.59 Å². The van der Waals surface area contributed by atoms with Gasteiger partial charge in [0.05, 0.1) is 17.3 Å². The summed E-state index contributed by atoms with van der Waals surface area (Å²) < 4.78 is 17.4. The highest BCUT2D eigenvalue weighted by molar-refractivity contribution is 5.70. The van der Waals surface area contributed by atoms with Crippen molar-refractivity contribution in [3.05, 3.63) is 141 Å². The van der Waals surface area contributed by atoms with Crippen molar-refractivity contribution in [1.29, 1.82) is 0 Å². The van der Waals surface area contributed by atoms with E-state index < -0.39 is 23.3 Å². The molecule has 1 saturated heterocycles. The quantitative estimate of drug-likeness (QED) is 0.0452. The minimum atomic E-state index is -0.851. The van der Waals surface area contributed by atoms with E-state index in [2.05, 4.69) is 121 Å². The lowest BCUT2D eigenvalue weighted by atomic mass is 9.70. The number of aliphatic carboxylic acids is 1. The first-order valence-corrected chi connectivity index (χ1v) is 27.4. The Hall–Kier alpha value is -5.22. The van der Waals surface area contributed by atoms with Crippen LogP contribution >= 0.6 is 0 Å². The molecule has 0 amide bonds. The molecule has 0 aliphatic carbocycles. The molecule has 9 heteroatoms. The van der Waals surface area contributed by atoms with Crippen LogP contribution in [0.15, 0.2) is 84.9 Å². The van der Waals surface area contributed by atoms with E-state index in [0.717, 1.165) is 72.3 Å². The summed E-state index contributed by atoms with van der Waals surface area (Å²) in [6.07, 6.45) is 16.9. The summed E-state index contributed by atoms with van der Waals surface area (Å²) in [5.41, 5.74) is 10.1. The van der Waals surface area contributed by atoms with Crippen molar-refractivity contribution < 1.29 is 44.2 Å². The molecule has 4 aromatic rings. The second kappa shape index (κ2) is 27.9. The molecular weight excluding hydrogens is 913 g/mol. The number of aliphatic hydroxyl groups excluding tert-OH is 1. The van der Waals surface area contributed by atoms with E-state index in [1.54, 1.807) is 0 Å². The van der Waals surface area contributed by atoms with Gasteiger partial charge in [-0.1, -0.05) is 140 Å². The van der Waals surface area contributed by atoms with Gasteiger partial charge in [-0.25, -0.2) is 0 Å². The molecular formula is C64H90O9. The average molecular weight is 1000 g/mol. The number of rotatable bonds is 26. The van der Waals surface area contributed by atoms with Gasteiger partial charge in [0.2, 0.25) is 0 Å². The van der Waals surface area contributed by atoms with Crippen molar-refractivity contribution in [2.75, 3.05) is 13.2 Å². The molecule has 9 nitrogen and oxygen atoms in total. The maximum atomic E-state index is 11.6. The van der Waals surface area contributed by atoms with Gasteiger partial charge < -0.3 is 34.6 Å². The molecule has 400 valence electrons. The van der Waals surface area contributed by atoms with Crippen molar-refractivity contribution in [2.45, 2.75) is 207 Å². The third-order valence-electron chi connectivity index (χ3n) is 16.1. The number of carbonyl (C=O) groups is 2. The first kappa shape index (κ1) is 60.3. The lowest BCUT2D eigenvalue weighted by Crippen LogP contribution is -2.29. The second-order valence-corrected chi connectivity index (χ2v) is 20.5. The summed E-state index contributed by atoms with van der Waals surface area (Å²) in [4.78, 5) is 22.2. The Balaban J connectivity index is 0.000000317. The van der Waals surface area contributed by atoms with Crippen LogP contribution < -0.4 is 9.47 Å². The molecule has 0 bridgehead atoms. The molecule has 0 unspecified atom stereocenters. The molecule has 1 aliphatic heterocycles. The van der Waals surface area contributed by atoms with Crippen LogP contribution in [0.25, 0.3) is 12.2 Å². The van der Waals surface area contributed by atoms with E-state index in [4.69, 9.17) is 19.3 Å². The van der Waals surface area contributed by atoms with Crippen LogP contribution in [0.5, 0.6) is 11.5 Å². The first-order valence-electron chi connectivity index (χ1n) is 27.4. The third kappa shape index (κ3) is 15.9. The van der Waals surface area contributed by atoms with Gasteiger partial charge in [-0.2, -0.15) is 0 Å². The SMILES string of the molecule is CCC(O)(/C=C/c1ccc(C(CC)(CC)c2ccc(OC[C@@H](O)CCCC(=O)O)c(C)c2)cc1C)CC.CCC(O)(/C=C/c1ccc(C(CC)(CC)c2ccc(OC[C@@H]3CCCC(=O)O3)c(C)c2)cc1C)CC. The predicted octanol–water partition coefficient (Wildman–Crippen LogP) is 14.4. The van der Waals surface area contributed by atoms with E-state index in [0.29, 0.717) is 51.6 Å². The molecule has 0 radical (unpaired) electrons. The maximum absolute atomic E-state index is 11.6. The monoisotopic (exact) mass is 1000 g/mol. The molecule has 5 rings (SSSR count). The Bertz CT molecular complexity index is 2450. The molecule has 1 fully saturated rings. The van der Waals surface area contributed by atoms with Crippen LogP contribution in [-0.4, -0.2) is 69.0 Å². The molecule has 0 spiro atoms. The highest BCUT2D eigenvalue weighted by Crippen LogP contribution is 2.43. The van der Waals surface area contributed by atoms with Crippen LogP contribution in [-0.2, 0) is 25.2 Å². The molecule has 2 atom stereocenters. The smallest absolute Gasteiger partial charge is 0.306 e. The summed E-state index contributed by atoms with van der Waals surface area (Å²) in [7, 11) is 0. The van der Waals surface area contributed by atoms with Gasteiger partial charge in [0.15, 0.2) is 0 Å². The largest absolute Gasteiger partial charge is 0.491 e. The Morgan fingerprint density at radius 1 is 0.630 bits per heavy atom. The summed E-state index contributed by atoms with van der Waals surface area (Å²) in [5.74, 6) is 0.604. The Morgan fingerprint density at radius 3 is 1.41 bits per heavy atom. The molecule has 1 aliphatic rings. The zero-order valence-corrected chi connectivity index (χ0v) is 46.5. The normalized spacial score (nSPS) is 15.0. The Labute approximate surface area is 439 Å². The predicted molar refractivity (Wildman–Crippen MR) is 299 cm³/mol. The van der Waals surface area contributed by atoms with Gasteiger partial charge in [-0.05, 0) is 173 Å². The minimum absolute atomic E-state index is 0.0529. The van der Waals surface area contributed by atoms with Gasteiger partial charge >= 0.3 is 11.9 Å². The Kier molecular flexibility index (Phi) is 23.1. The van der Waals surface area contributed by atoms with Crippen LogP contribution in [0.3, 0.4) is 0 Å². The number of carboxylic acids is 1. The number of cyclic esters (lactones) is 1. The number of hydrogen-bond acceptors (Lipinski definition) is 8. The zero-order chi connectivity index (χ0) is 54.0. The summed E-state index contributed by atoms with van der Waals surface area (Å²) in [5, 5.41) is 40.2. The number of aryl methyl sites for hydroxylation is 4. The second-order valence-electron chi connectivity index (χ2n) is 20.5. The van der Waals surface area contributed by atoms with Crippen molar-refractivity contribution in [1.82, 2.24) is 0 Å². The lowest BCUT2D eigenvalue weighted by molar-refractivity contribution is -0.155. The van der Waals surface area contributed by atoms with Gasteiger partial charge in [0.25, 0.3) is 0 Å². The molecule has 4 N–H and O–H groups in total. The zero-order valence-electron chi connectivity index (χ0n) is 46.5. The fourth-order valence-electron chi connectivity index (χ4n) is 10.3. The van der Waals surface area contributed by atoms with Crippen molar-refractivity contribution >= 4 is 24.1 Å². The van der Waals surface area contributed by atoms with E-state index in [1.165, 1.54) is 33.4 Å². The maximum Gasteiger partial charge on any atom is 0.306 e. The highest BCUT2D eigenvalue weighted by Gasteiger charge is 2.33. The van der Waals surface area contributed by atoms with Crippen LogP contribution in [0.1, 0.15) is 201 Å². The van der Waals surface area contributed by atoms with Gasteiger partial charge in [0, 0.05) is 23.7 Å². The van der Waals surface area contributed by atoms with Crippen molar-refractivity contribution in [2.24, 2.45) is 0 Å². The van der Waals surface area contributed by atoms with Gasteiger partial charge in [-0.15, -0.1) is 0 Å². The standard InChI is InChI=1S/C32H46O5.C32H44O4/c1-7-31(36,8-2)19-18-25-14-15-26(20-23(25)5)32(9-3,10-4)27-16-17-29(24(6)21-27)37-22-28(33)12-11-13-30(34)35;1-7-31(34,8-2)19-18-25-14-15-26(20-23(25)5)32(9-3,10-4)27-16-17-29(24(6)21-27)35-22-28-12-11-13-30(33)36-28/h14-21,28,33,36H,7-13,22H2,1-6H3,(H,34,35);14-21,28,34H,7-13,22H2,1-6H3/b2*19-18+/t2*28-/m00/s1. The average Bonchev–Trinajstić information content (AvgIpc) is 3.38. The first-order chi connectivity index (χ1) is 34.7. The number of benzene rings is 4. The van der Waals surface area contributed by atoms with E-state index in [-0.39, 0.29) is 35.9 Å². The fraction of sp³-hybridized carbons (Fsp3) is 0.531. The van der Waals surface area contributed by atoms with Crippen LogP contribution in [0, 0.1) is 27.7 Å². The lowest BCUT2D eigenvalue weighted by Gasteiger charge is -2.34. The number of carboxylic acid groups (broad SMARTS) is 1. The minimum Gasteiger partial charge on any atom is -0.491 e. The van der Waals surface area contributed by atoms with E-state index in [9.17, 15) is 24.9 Å².